The highest BCUT2D eigenvalue weighted by Gasteiger charge is 2.34. The Morgan fingerprint density at radius 3 is 2.55 bits per heavy atom. The van der Waals surface area contributed by atoms with E-state index in [1.54, 1.807) is 17.2 Å². The molecule has 7 heteroatoms. The van der Waals surface area contributed by atoms with Crippen molar-refractivity contribution < 1.29 is 19.1 Å². The van der Waals surface area contributed by atoms with Crippen LogP contribution in [0.2, 0.25) is 0 Å². The number of aromatic nitrogens is 1. The molecule has 0 N–H and O–H groups in total. The van der Waals surface area contributed by atoms with Crippen molar-refractivity contribution in [3.05, 3.63) is 48.2 Å². The van der Waals surface area contributed by atoms with Crippen molar-refractivity contribution in [2.75, 3.05) is 31.6 Å². The lowest BCUT2D eigenvalue weighted by Gasteiger charge is -2.31. The minimum absolute atomic E-state index is 0.0329. The van der Waals surface area contributed by atoms with Gasteiger partial charge < -0.3 is 19.3 Å². The van der Waals surface area contributed by atoms with Gasteiger partial charge in [0.15, 0.2) is 0 Å². The van der Waals surface area contributed by atoms with Crippen molar-refractivity contribution in [3.8, 4) is 11.1 Å². The fourth-order valence-corrected chi connectivity index (χ4v) is 3.91. The second kappa shape index (κ2) is 9.37. The Labute approximate surface area is 184 Å². The van der Waals surface area contributed by atoms with Gasteiger partial charge in [-0.1, -0.05) is 18.2 Å². The second-order valence-electron chi connectivity index (χ2n) is 8.57. The summed E-state index contributed by atoms with van der Waals surface area (Å²) in [5.41, 5.74) is 1.61. The van der Waals surface area contributed by atoms with Gasteiger partial charge >= 0.3 is 12.1 Å². The fourth-order valence-electron chi connectivity index (χ4n) is 3.91. The number of rotatable bonds is 5. The summed E-state index contributed by atoms with van der Waals surface area (Å²) in [6, 6.07) is 11.2. The molecular formula is C24H31N3O4. The smallest absolute Gasteiger partial charge is 0.410 e. The van der Waals surface area contributed by atoms with E-state index in [0.717, 1.165) is 29.9 Å². The molecule has 2 aromatic rings. The van der Waals surface area contributed by atoms with Gasteiger partial charge in [-0.3, -0.25) is 0 Å². The van der Waals surface area contributed by atoms with Crippen LogP contribution in [0.25, 0.3) is 11.1 Å². The lowest BCUT2D eigenvalue weighted by Crippen LogP contribution is -2.44. The van der Waals surface area contributed by atoms with Crippen molar-refractivity contribution in [2.24, 2.45) is 0 Å². The lowest BCUT2D eigenvalue weighted by atomic mass is 10.00. The Balaban J connectivity index is 1.87. The van der Waals surface area contributed by atoms with Crippen LogP contribution in [0.4, 0.5) is 10.6 Å². The van der Waals surface area contributed by atoms with Crippen LogP contribution in [-0.2, 0) is 9.47 Å². The number of methoxy groups -OCH3 is 1. The van der Waals surface area contributed by atoms with Gasteiger partial charge in [0, 0.05) is 31.4 Å². The minimum atomic E-state index is -0.533. The monoisotopic (exact) mass is 425 g/mol. The number of amides is 1. The molecule has 1 fully saturated rings. The summed E-state index contributed by atoms with van der Waals surface area (Å²) in [7, 11) is 1.38. The van der Waals surface area contributed by atoms with Crippen LogP contribution in [0.5, 0.6) is 0 Å². The van der Waals surface area contributed by atoms with Gasteiger partial charge in [-0.25, -0.2) is 14.6 Å². The third-order valence-corrected chi connectivity index (χ3v) is 5.28. The number of carbonyl (C=O) groups excluding carboxylic acids is 2. The summed E-state index contributed by atoms with van der Waals surface area (Å²) in [5, 5.41) is 0. The van der Waals surface area contributed by atoms with Gasteiger partial charge in [-0.15, -0.1) is 0 Å². The van der Waals surface area contributed by atoms with Gasteiger partial charge in [0.25, 0.3) is 0 Å². The predicted octanol–water partition coefficient (Wildman–Crippen LogP) is 4.37. The molecule has 1 aromatic heterocycles. The zero-order valence-corrected chi connectivity index (χ0v) is 18.9. The minimum Gasteiger partial charge on any atom is -0.465 e. The van der Waals surface area contributed by atoms with Crippen molar-refractivity contribution >= 4 is 17.9 Å². The van der Waals surface area contributed by atoms with Crippen molar-refractivity contribution in [1.29, 1.82) is 0 Å². The number of carbonyl (C=O) groups is 2. The number of pyridine rings is 1. The number of benzene rings is 1. The molecule has 7 nitrogen and oxygen atoms in total. The Bertz CT molecular complexity index is 938. The molecule has 0 aliphatic carbocycles. The molecule has 1 saturated heterocycles. The topological polar surface area (TPSA) is 72.0 Å². The number of nitrogens with zero attached hydrogens (tertiary/aromatic N) is 3. The Morgan fingerprint density at radius 1 is 1.16 bits per heavy atom. The molecule has 0 spiro atoms. The third-order valence-electron chi connectivity index (χ3n) is 5.28. The first kappa shape index (κ1) is 22.6. The SMILES string of the molecule is CCN(C(=O)OC(C)(C)C)[C@@H]1CCN(c2ncccc2-c2ccccc2C(=O)OC)C1. The van der Waals surface area contributed by atoms with Crippen LogP contribution in [0, 0.1) is 0 Å². The Kier molecular flexibility index (Phi) is 6.83. The average Bonchev–Trinajstić information content (AvgIpc) is 3.22. The number of hydrogen-bond acceptors (Lipinski definition) is 6. The second-order valence-corrected chi connectivity index (χ2v) is 8.57. The summed E-state index contributed by atoms with van der Waals surface area (Å²) in [5.74, 6) is 0.411. The summed E-state index contributed by atoms with van der Waals surface area (Å²) >= 11 is 0. The quantitative estimate of drug-likeness (QED) is 0.663. The van der Waals surface area contributed by atoms with E-state index in [1.807, 2.05) is 58.0 Å². The molecule has 0 radical (unpaired) electrons. The van der Waals surface area contributed by atoms with Crippen molar-refractivity contribution in [2.45, 2.75) is 45.8 Å². The van der Waals surface area contributed by atoms with Gasteiger partial charge in [0.05, 0.1) is 18.7 Å². The van der Waals surface area contributed by atoms with E-state index < -0.39 is 5.60 Å². The molecule has 1 amide bonds. The zero-order valence-electron chi connectivity index (χ0n) is 18.9. The van der Waals surface area contributed by atoms with Crippen LogP contribution >= 0.6 is 0 Å². The van der Waals surface area contributed by atoms with Gasteiger partial charge in [0.1, 0.15) is 11.4 Å². The van der Waals surface area contributed by atoms with E-state index in [2.05, 4.69) is 9.88 Å². The van der Waals surface area contributed by atoms with Crippen molar-refractivity contribution in [1.82, 2.24) is 9.88 Å². The first-order valence-corrected chi connectivity index (χ1v) is 10.6. The maximum atomic E-state index is 12.7. The van der Waals surface area contributed by atoms with Crippen LogP contribution < -0.4 is 4.90 Å². The van der Waals surface area contributed by atoms with E-state index in [0.29, 0.717) is 18.7 Å². The largest absolute Gasteiger partial charge is 0.465 e. The number of anilines is 1. The third kappa shape index (κ3) is 5.16. The van der Waals surface area contributed by atoms with Crippen LogP contribution in [-0.4, -0.2) is 60.3 Å². The van der Waals surface area contributed by atoms with E-state index >= 15 is 0 Å². The predicted molar refractivity (Wildman–Crippen MR) is 120 cm³/mol. The molecule has 1 aromatic carbocycles. The Hall–Kier alpha value is -3.09. The normalized spacial score (nSPS) is 16.2. The first-order valence-electron chi connectivity index (χ1n) is 10.6. The summed E-state index contributed by atoms with van der Waals surface area (Å²) in [4.78, 5) is 33.6. The number of hydrogen-bond donors (Lipinski definition) is 0. The lowest BCUT2D eigenvalue weighted by molar-refractivity contribution is 0.0190. The van der Waals surface area contributed by atoms with E-state index in [9.17, 15) is 9.59 Å². The van der Waals surface area contributed by atoms with Crippen LogP contribution in [0.1, 0.15) is 44.5 Å². The molecule has 166 valence electrons. The zero-order chi connectivity index (χ0) is 22.6. The first-order chi connectivity index (χ1) is 14.7. The van der Waals surface area contributed by atoms with Crippen LogP contribution in [0.3, 0.4) is 0 Å². The Morgan fingerprint density at radius 2 is 1.87 bits per heavy atom. The number of ether oxygens (including phenoxy) is 2. The van der Waals surface area contributed by atoms with Crippen LogP contribution in [0.15, 0.2) is 42.6 Å². The fraction of sp³-hybridized carbons (Fsp3) is 0.458. The summed E-state index contributed by atoms with van der Waals surface area (Å²) < 4.78 is 10.6. The van der Waals surface area contributed by atoms with Crippen molar-refractivity contribution in [3.63, 3.8) is 0 Å². The molecule has 0 unspecified atom stereocenters. The van der Waals surface area contributed by atoms with E-state index in [1.165, 1.54) is 7.11 Å². The molecule has 0 bridgehead atoms. The maximum absolute atomic E-state index is 12.7. The van der Waals surface area contributed by atoms with E-state index in [-0.39, 0.29) is 18.1 Å². The molecule has 1 aliphatic rings. The summed E-state index contributed by atoms with van der Waals surface area (Å²) in [6.45, 7) is 9.57. The molecule has 2 heterocycles. The molecule has 0 saturated carbocycles. The standard InChI is InChI=1S/C24H31N3O4/c1-6-27(23(29)31-24(2,3)4)17-13-15-26(16-17)21-19(12-9-14-25-21)18-10-7-8-11-20(18)22(28)30-5/h7-12,14,17H,6,13,15-16H2,1-5H3/t17-/m1/s1. The highest BCUT2D eigenvalue weighted by atomic mass is 16.6. The molecule has 1 atom stereocenters. The van der Waals surface area contributed by atoms with Gasteiger partial charge in [-0.05, 0) is 57.9 Å². The molecule has 3 rings (SSSR count). The highest BCUT2D eigenvalue weighted by Crippen LogP contribution is 2.34. The summed E-state index contributed by atoms with van der Waals surface area (Å²) in [6.07, 6.45) is 2.28. The van der Waals surface area contributed by atoms with Gasteiger partial charge in [0.2, 0.25) is 0 Å². The molecule has 1 aliphatic heterocycles. The highest BCUT2D eigenvalue weighted by molar-refractivity contribution is 5.98. The molecular weight excluding hydrogens is 394 g/mol. The maximum Gasteiger partial charge on any atom is 0.410 e. The molecule has 31 heavy (non-hydrogen) atoms. The van der Waals surface area contributed by atoms with Gasteiger partial charge in [-0.2, -0.15) is 0 Å². The average molecular weight is 426 g/mol. The number of likely N-dealkylation sites (N-methyl/N-ethyl adjacent to an activating group) is 1. The van der Waals surface area contributed by atoms with E-state index in [4.69, 9.17) is 9.47 Å². The number of esters is 1.